The zero-order valence-electron chi connectivity index (χ0n) is 15.8. The quantitative estimate of drug-likeness (QED) is 0.383. The molecule has 2 N–H and O–H groups in total. The van der Waals surface area contributed by atoms with Crippen LogP contribution in [0.25, 0.3) is 11.1 Å². The van der Waals surface area contributed by atoms with E-state index in [0.29, 0.717) is 0 Å². The van der Waals surface area contributed by atoms with Crippen molar-refractivity contribution in [3.63, 3.8) is 0 Å². The molecule has 0 fully saturated rings. The zero-order chi connectivity index (χ0) is 18.9. The normalized spacial score (nSPS) is 11.3. The van der Waals surface area contributed by atoms with Crippen molar-refractivity contribution in [3.8, 4) is 11.1 Å². The van der Waals surface area contributed by atoms with Gasteiger partial charge in [0.15, 0.2) is 0 Å². The van der Waals surface area contributed by atoms with Gasteiger partial charge in [-0.05, 0) is 53.9 Å². The number of nitrogen functional groups attached to an aromatic ring is 1. The minimum atomic E-state index is 0.787. The monoisotopic (exact) mass is 354 g/mol. The Morgan fingerprint density at radius 1 is 0.704 bits per heavy atom. The van der Waals surface area contributed by atoms with Crippen LogP contribution in [-0.4, -0.2) is 6.54 Å². The van der Waals surface area contributed by atoms with E-state index in [1.54, 1.807) is 0 Å². The van der Waals surface area contributed by atoms with Gasteiger partial charge >= 0.3 is 0 Å². The average Bonchev–Trinajstić information content (AvgIpc) is 2.72. The van der Waals surface area contributed by atoms with Crippen LogP contribution in [0.2, 0.25) is 0 Å². The second-order valence-electron chi connectivity index (χ2n) is 6.38. The average molecular weight is 354 g/mol. The van der Waals surface area contributed by atoms with Gasteiger partial charge in [0.2, 0.25) is 0 Å². The highest BCUT2D eigenvalue weighted by Crippen LogP contribution is 2.28. The first kappa shape index (κ1) is 18.5. The van der Waals surface area contributed by atoms with Crippen molar-refractivity contribution in [2.24, 2.45) is 0 Å². The van der Waals surface area contributed by atoms with Crippen LogP contribution in [0, 0.1) is 0 Å². The molecule has 0 atom stereocenters. The molecule has 0 aromatic heterocycles. The highest BCUT2D eigenvalue weighted by molar-refractivity contribution is 5.70. The number of rotatable bonds is 7. The Bertz CT molecular complexity index is 876. The van der Waals surface area contributed by atoms with E-state index in [0.717, 1.165) is 18.7 Å². The summed E-state index contributed by atoms with van der Waals surface area (Å²) in [5.74, 6) is 0. The number of para-hydroxylation sites is 1. The first-order valence-corrected chi connectivity index (χ1v) is 9.38. The Kier molecular flexibility index (Phi) is 6.48. The SMILES string of the molecule is CC/C=C\C=C/CN(c1ccccc1)c1ccc(-c2ccc(N)cc2)cc1. The summed E-state index contributed by atoms with van der Waals surface area (Å²) in [6.45, 7) is 2.96. The second-order valence-corrected chi connectivity index (χ2v) is 6.38. The van der Waals surface area contributed by atoms with E-state index in [1.165, 1.54) is 22.5 Å². The molecule has 3 aromatic carbocycles. The van der Waals surface area contributed by atoms with Crippen LogP contribution < -0.4 is 10.6 Å². The molecule has 3 aromatic rings. The molecule has 3 rings (SSSR count). The van der Waals surface area contributed by atoms with E-state index < -0.39 is 0 Å². The third kappa shape index (κ3) is 5.11. The van der Waals surface area contributed by atoms with Gasteiger partial charge in [-0.15, -0.1) is 0 Å². The molecule has 0 bridgehead atoms. The molecular weight excluding hydrogens is 328 g/mol. The molecule has 0 radical (unpaired) electrons. The minimum Gasteiger partial charge on any atom is -0.399 e. The van der Waals surface area contributed by atoms with Crippen LogP contribution in [0.1, 0.15) is 13.3 Å². The fraction of sp³-hybridized carbons (Fsp3) is 0.120. The Morgan fingerprint density at radius 2 is 1.26 bits per heavy atom. The van der Waals surface area contributed by atoms with Gasteiger partial charge in [-0.1, -0.05) is 73.7 Å². The topological polar surface area (TPSA) is 29.3 Å². The molecule has 0 amide bonds. The molecule has 2 heteroatoms. The van der Waals surface area contributed by atoms with Gasteiger partial charge in [0.05, 0.1) is 0 Å². The lowest BCUT2D eigenvalue weighted by Crippen LogP contribution is -2.16. The summed E-state index contributed by atoms with van der Waals surface area (Å²) in [6, 6.07) is 27.2. The summed E-state index contributed by atoms with van der Waals surface area (Å²) >= 11 is 0. The molecular formula is C25H26N2. The summed E-state index contributed by atoms with van der Waals surface area (Å²) < 4.78 is 0. The summed E-state index contributed by atoms with van der Waals surface area (Å²) in [5.41, 5.74) is 11.3. The van der Waals surface area contributed by atoms with Crippen LogP contribution in [0.3, 0.4) is 0 Å². The summed E-state index contributed by atoms with van der Waals surface area (Å²) in [4.78, 5) is 2.31. The van der Waals surface area contributed by atoms with Gasteiger partial charge in [0.1, 0.15) is 0 Å². The number of nitrogens with zero attached hydrogens (tertiary/aromatic N) is 1. The Hall–Kier alpha value is -3.26. The number of hydrogen-bond acceptors (Lipinski definition) is 2. The van der Waals surface area contributed by atoms with Crippen LogP contribution >= 0.6 is 0 Å². The standard InChI is InChI=1S/C25H26N2/c1-2-3-4-5-9-20-27(24-10-7-6-8-11-24)25-18-14-22(15-19-25)21-12-16-23(26)17-13-21/h3-19H,2,20,26H2,1H3/b4-3-,9-5-. The summed E-state index contributed by atoms with van der Waals surface area (Å²) in [5, 5.41) is 0. The first-order chi connectivity index (χ1) is 13.3. The summed E-state index contributed by atoms with van der Waals surface area (Å²) in [7, 11) is 0. The van der Waals surface area contributed by atoms with E-state index in [4.69, 9.17) is 5.73 Å². The van der Waals surface area contributed by atoms with E-state index in [9.17, 15) is 0 Å². The lowest BCUT2D eigenvalue weighted by atomic mass is 10.0. The molecule has 0 spiro atoms. The van der Waals surface area contributed by atoms with Crippen LogP contribution in [0.5, 0.6) is 0 Å². The maximum Gasteiger partial charge on any atom is 0.0415 e. The van der Waals surface area contributed by atoms with Crippen molar-refractivity contribution >= 4 is 17.1 Å². The van der Waals surface area contributed by atoms with E-state index >= 15 is 0 Å². The zero-order valence-corrected chi connectivity index (χ0v) is 15.8. The molecule has 0 aliphatic heterocycles. The first-order valence-electron chi connectivity index (χ1n) is 9.38. The molecule has 27 heavy (non-hydrogen) atoms. The number of anilines is 3. The fourth-order valence-corrected chi connectivity index (χ4v) is 2.94. The third-order valence-electron chi connectivity index (χ3n) is 4.40. The lowest BCUT2D eigenvalue weighted by molar-refractivity contribution is 1.10. The maximum atomic E-state index is 5.79. The van der Waals surface area contributed by atoms with E-state index in [2.05, 4.69) is 96.8 Å². The van der Waals surface area contributed by atoms with Gasteiger partial charge in [0, 0.05) is 23.6 Å². The van der Waals surface area contributed by atoms with E-state index in [-0.39, 0.29) is 0 Å². The van der Waals surface area contributed by atoms with Crippen LogP contribution in [-0.2, 0) is 0 Å². The third-order valence-corrected chi connectivity index (χ3v) is 4.40. The largest absolute Gasteiger partial charge is 0.399 e. The molecule has 0 aliphatic carbocycles. The molecule has 0 unspecified atom stereocenters. The van der Waals surface area contributed by atoms with Crippen molar-refractivity contribution < 1.29 is 0 Å². The fourth-order valence-electron chi connectivity index (χ4n) is 2.94. The lowest BCUT2D eigenvalue weighted by Gasteiger charge is -2.24. The molecule has 0 aliphatic rings. The minimum absolute atomic E-state index is 0.787. The van der Waals surface area contributed by atoms with Gasteiger partial charge < -0.3 is 10.6 Å². The van der Waals surface area contributed by atoms with Gasteiger partial charge in [-0.2, -0.15) is 0 Å². The van der Waals surface area contributed by atoms with Crippen molar-refractivity contribution in [3.05, 3.63) is 103 Å². The maximum absolute atomic E-state index is 5.79. The number of nitrogens with two attached hydrogens (primary N) is 1. The number of allylic oxidation sites excluding steroid dienone is 3. The van der Waals surface area contributed by atoms with E-state index in [1.807, 2.05) is 18.2 Å². The predicted octanol–water partition coefficient (Wildman–Crippen LogP) is 6.60. The van der Waals surface area contributed by atoms with Crippen LogP contribution in [0.4, 0.5) is 17.1 Å². The van der Waals surface area contributed by atoms with Crippen molar-refractivity contribution in [1.82, 2.24) is 0 Å². The molecule has 0 heterocycles. The van der Waals surface area contributed by atoms with Gasteiger partial charge in [-0.3, -0.25) is 0 Å². The van der Waals surface area contributed by atoms with Crippen LogP contribution in [0.15, 0.2) is 103 Å². The highest BCUT2D eigenvalue weighted by Gasteiger charge is 2.08. The Balaban J connectivity index is 1.84. The Labute approximate surface area is 162 Å². The van der Waals surface area contributed by atoms with Crippen molar-refractivity contribution in [2.45, 2.75) is 13.3 Å². The van der Waals surface area contributed by atoms with Gasteiger partial charge in [-0.25, -0.2) is 0 Å². The molecule has 0 saturated heterocycles. The Morgan fingerprint density at radius 3 is 1.89 bits per heavy atom. The predicted molar refractivity (Wildman–Crippen MR) is 118 cm³/mol. The second kappa shape index (κ2) is 9.44. The van der Waals surface area contributed by atoms with Crippen molar-refractivity contribution in [2.75, 3.05) is 17.2 Å². The number of hydrogen-bond donors (Lipinski definition) is 1. The highest BCUT2D eigenvalue weighted by atomic mass is 15.1. The molecule has 2 nitrogen and oxygen atoms in total. The molecule has 0 saturated carbocycles. The summed E-state index contributed by atoms with van der Waals surface area (Å²) in [6.07, 6.45) is 9.62. The van der Waals surface area contributed by atoms with Gasteiger partial charge in [0.25, 0.3) is 0 Å². The molecule has 136 valence electrons. The smallest absolute Gasteiger partial charge is 0.0415 e. The number of benzene rings is 3. The van der Waals surface area contributed by atoms with Crippen molar-refractivity contribution in [1.29, 1.82) is 0 Å².